The fourth-order valence-corrected chi connectivity index (χ4v) is 6.15. The van der Waals surface area contributed by atoms with Crippen molar-refractivity contribution in [3.63, 3.8) is 0 Å². The van der Waals surface area contributed by atoms with Crippen molar-refractivity contribution >= 4 is 51.7 Å². The SMILES string of the molecule is Cc1ccc(C(=O)O)c(-c2cc3ccccc3c(CNCC3CCN(c4nccc(C=C5SC(=O)NC5=O)n4)CC3)n2)c1. The molecule has 0 saturated carbocycles. The minimum atomic E-state index is -0.971. The third-order valence-corrected chi connectivity index (χ3v) is 8.52. The molecule has 0 aliphatic carbocycles. The van der Waals surface area contributed by atoms with Gasteiger partial charge in [0.15, 0.2) is 0 Å². The Morgan fingerprint density at radius 2 is 1.93 bits per heavy atom. The van der Waals surface area contributed by atoms with Crippen LogP contribution in [-0.4, -0.2) is 56.8 Å². The van der Waals surface area contributed by atoms with Crippen LogP contribution in [0.25, 0.3) is 28.1 Å². The van der Waals surface area contributed by atoms with E-state index < -0.39 is 11.9 Å². The van der Waals surface area contributed by atoms with Crippen LogP contribution in [0.3, 0.4) is 0 Å². The summed E-state index contributed by atoms with van der Waals surface area (Å²) in [5.74, 6) is -0.295. The summed E-state index contributed by atoms with van der Waals surface area (Å²) in [6.45, 7) is 4.95. The van der Waals surface area contributed by atoms with Gasteiger partial charge in [0.1, 0.15) is 0 Å². The minimum absolute atomic E-state index is 0.239. The van der Waals surface area contributed by atoms with E-state index in [1.807, 2.05) is 37.3 Å². The second-order valence-corrected chi connectivity index (χ2v) is 11.7. The van der Waals surface area contributed by atoms with Crippen LogP contribution in [-0.2, 0) is 11.3 Å². The molecule has 0 bridgehead atoms. The van der Waals surface area contributed by atoms with Crippen molar-refractivity contribution < 1.29 is 19.5 Å². The average Bonchev–Trinajstić information content (AvgIpc) is 3.33. The topological polar surface area (TPSA) is 137 Å². The van der Waals surface area contributed by atoms with Crippen LogP contribution in [0.5, 0.6) is 0 Å². The second-order valence-electron chi connectivity index (χ2n) is 10.7. The van der Waals surface area contributed by atoms with E-state index >= 15 is 0 Å². The third kappa shape index (κ3) is 6.42. The van der Waals surface area contributed by atoms with E-state index in [2.05, 4.69) is 31.6 Å². The maximum Gasteiger partial charge on any atom is 0.336 e. The standard InChI is InChI=1S/C32H30N6O4S/c1-19-6-7-24(30(40)41)25(14-19)26-15-21-4-2-3-5-23(21)27(36-26)18-33-17-20-9-12-38(13-10-20)31-34-11-8-22(35-31)16-28-29(39)37-32(42)43-28/h2-8,11,14-16,20,33H,9-10,12-13,17-18H2,1H3,(H,40,41)(H,37,39,42). The Balaban J connectivity index is 1.10. The molecule has 2 aromatic carbocycles. The number of pyridine rings is 1. The Kier molecular flexibility index (Phi) is 8.17. The first-order valence-corrected chi connectivity index (χ1v) is 14.9. The van der Waals surface area contributed by atoms with Gasteiger partial charge in [-0.25, -0.2) is 14.8 Å². The molecule has 0 spiro atoms. The van der Waals surface area contributed by atoms with Crippen LogP contribution in [0.2, 0.25) is 0 Å². The quantitative estimate of drug-likeness (QED) is 0.238. The van der Waals surface area contributed by atoms with E-state index in [0.29, 0.717) is 40.3 Å². The molecular formula is C32H30N6O4S. The maximum atomic E-state index is 11.9. The van der Waals surface area contributed by atoms with Gasteiger partial charge in [-0.15, -0.1) is 0 Å². The fourth-order valence-electron chi connectivity index (χ4n) is 5.48. The van der Waals surface area contributed by atoms with E-state index in [4.69, 9.17) is 4.98 Å². The predicted molar refractivity (Wildman–Crippen MR) is 167 cm³/mol. The number of fused-ring (bicyclic) bond motifs is 1. The summed E-state index contributed by atoms with van der Waals surface area (Å²) in [7, 11) is 0. The van der Waals surface area contributed by atoms with Gasteiger partial charge in [-0.2, -0.15) is 0 Å². The molecule has 2 amide bonds. The number of hydrogen-bond donors (Lipinski definition) is 3. The molecule has 2 aliphatic rings. The zero-order valence-electron chi connectivity index (χ0n) is 23.5. The molecular weight excluding hydrogens is 564 g/mol. The van der Waals surface area contributed by atoms with Crippen LogP contribution in [0.4, 0.5) is 10.7 Å². The van der Waals surface area contributed by atoms with Crippen LogP contribution in [0.1, 0.15) is 40.2 Å². The van der Waals surface area contributed by atoms with Gasteiger partial charge in [0.05, 0.1) is 27.6 Å². The van der Waals surface area contributed by atoms with Crippen molar-refractivity contribution in [2.75, 3.05) is 24.5 Å². The Hall–Kier alpha value is -4.61. The number of amides is 2. The highest BCUT2D eigenvalue weighted by Gasteiger charge is 2.26. The van der Waals surface area contributed by atoms with Gasteiger partial charge < -0.3 is 15.3 Å². The molecule has 2 saturated heterocycles. The van der Waals surface area contributed by atoms with Gasteiger partial charge >= 0.3 is 5.97 Å². The van der Waals surface area contributed by atoms with Gasteiger partial charge in [0.25, 0.3) is 11.1 Å². The van der Waals surface area contributed by atoms with Crippen molar-refractivity contribution in [1.82, 2.24) is 25.6 Å². The molecule has 0 unspecified atom stereocenters. The van der Waals surface area contributed by atoms with Gasteiger partial charge in [0, 0.05) is 36.8 Å². The lowest BCUT2D eigenvalue weighted by Crippen LogP contribution is -2.38. The van der Waals surface area contributed by atoms with Gasteiger partial charge in [-0.3, -0.25) is 19.9 Å². The number of aromatic nitrogens is 3. The number of rotatable bonds is 8. The molecule has 2 fully saturated rings. The molecule has 10 nitrogen and oxygen atoms in total. The van der Waals surface area contributed by atoms with Crippen molar-refractivity contribution in [2.45, 2.75) is 26.3 Å². The minimum Gasteiger partial charge on any atom is -0.478 e. The first-order valence-electron chi connectivity index (χ1n) is 14.1. The Bertz CT molecular complexity index is 1770. The number of carbonyl (C=O) groups excluding carboxylic acids is 2. The summed E-state index contributed by atoms with van der Waals surface area (Å²) in [6.07, 6.45) is 5.21. The molecule has 218 valence electrons. The third-order valence-electron chi connectivity index (χ3n) is 7.71. The molecule has 0 atom stereocenters. The summed E-state index contributed by atoms with van der Waals surface area (Å²) in [5, 5.41) is 17.3. The largest absolute Gasteiger partial charge is 0.478 e. The normalized spacial score (nSPS) is 16.7. The van der Waals surface area contributed by atoms with Crippen LogP contribution in [0, 0.1) is 12.8 Å². The zero-order valence-corrected chi connectivity index (χ0v) is 24.4. The van der Waals surface area contributed by atoms with Crippen LogP contribution in [0.15, 0.2) is 65.7 Å². The number of hydrogen-bond acceptors (Lipinski definition) is 9. The number of aromatic carboxylic acids is 1. The van der Waals surface area contributed by atoms with Crippen molar-refractivity contribution in [1.29, 1.82) is 0 Å². The highest BCUT2D eigenvalue weighted by Crippen LogP contribution is 2.29. The molecule has 6 rings (SSSR count). The molecule has 3 N–H and O–H groups in total. The lowest BCUT2D eigenvalue weighted by molar-refractivity contribution is -0.115. The average molecular weight is 595 g/mol. The summed E-state index contributed by atoms with van der Waals surface area (Å²) in [4.78, 5) is 51.7. The summed E-state index contributed by atoms with van der Waals surface area (Å²) in [6, 6.07) is 17.1. The number of imide groups is 1. The van der Waals surface area contributed by atoms with E-state index in [1.165, 1.54) is 0 Å². The highest BCUT2D eigenvalue weighted by molar-refractivity contribution is 8.18. The number of benzene rings is 2. The fraction of sp³-hybridized carbons (Fsp3) is 0.250. The molecule has 4 heterocycles. The number of aryl methyl sites for hydroxylation is 1. The Morgan fingerprint density at radius 1 is 1.12 bits per heavy atom. The molecule has 4 aromatic rings. The second kappa shape index (κ2) is 12.3. The number of nitrogens with zero attached hydrogens (tertiary/aromatic N) is 4. The highest BCUT2D eigenvalue weighted by atomic mass is 32.2. The summed E-state index contributed by atoms with van der Waals surface area (Å²) < 4.78 is 0. The number of carboxylic acid groups (broad SMARTS) is 1. The van der Waals surface area contributed by atoms with Crippen molar-refractivity contribution in [2.24, 2.45) is 5.92 Å². The van der Waals surface area contributed by atoms with Crippen LogP contribution >= 0.6 is 11.8 Å². The molecule has 2 aliphatic heterocycles. The summed E-state index contributed by atoms with van der Waals surface area (Å²) >= 11 is 0.871. The van der Waals surface area contributed by atoms with Gasteiger partial charge in [0.2, 0.25) is 5.95 Å². The molecule has 43 heavy (non-hydrogen) atoms. The van der Waals surface area contributed by atoms with E-state index in [9.17, 15) is 19.5 Å². The van der Waals surface area contributed by atoms with Crippen molar-refractivity contribution in [3.8, 4) is 11.3 Å². The lowest BCUT2D eigenvalue weighted by atomic mass is 9.96. The van der Waals surface area contributed by atoms with E-state index in [-0.39, 0.29) is 10.8 Å². The number of piperidine rings is 1. The number of carbonyl (C=O) groups is 3. The number of carboxylic acids is 1. The Labute approximate surface area is 252 Å². The maximum absolute atomic E-state index is 11.9. The van der Waals surface area contributed by atoms with E-state index in [1.54, 1.807) is 30.5 Å². The monoisotopic (exact) mass is 594 g/mol. The molecule has 11 heteroatoms. The zero-order chi connectivity index (χ0) is 29.9. The summed E-state index contributed by atoms with van der Waals surface area (Å²) in [5.41, 5.74) is 3.97. The Morgan fingerprint density at radius 3 is 2.70 bits per heavy atom. The predicted octanol–water partition coefficient (Wildman–Crippen LogP) is 5.03. The van der Waals surface area contributed by atoms with Gasteiger partial charge in [-0.1, -0.05) is 35.9 Å². The number of anilines is 1. The van der Waals surface area contributed by atoms with Gasteiger partial charge in [-0.05, 0) is 79.7 Å². The lowest BCUT2D eigenvalue weighted by Gasteiger charge is -2.32. The van der Waals surface area contributed by atoms with Crippen molar-refractivity contribution in [3.05, 3.63) is 88.2 Å². The smallest absolute Gasteiger partial charge is 0.336 e. The number of thioether (sulfide) groups is 1. The molecule has 0 radical (unpaired) electrons. The first-order chi connectivity index (χ1) is 20.8. The number of nitrogens with one attached hydrogen (secondary N) is 2. The molecule has 2 aromatic heterocycles. The van der Waals surface area contributed by atoms with E-state index in [0.717, 1.165) is 66.3 Å². The van der Waals surface area contributed by atoms with Crippen LogP contribution < -0.4 is 15.5 Å². The first kappa shape index (κ1) is 28.5.